The molecule has 2 aromatic heterocycles. The van der Waals surface area contributed by atoms with Gasteiger partial charge in [-0.1, -0.05) is 12.1 Å². The number of carbonyl (C=O) groups is 1. The van der Waals surface area contributed by atoms with Crippen LogP contribution in [0.2, 0.25) is 0 Å². The minimum Gasteiger partial charge on any atom is -0.491 e. The van der Waals surface area contributed by atoms with Crippen LogP contribution in [0.1, 0.15) is 61.3 Å². The Kier molecular flexibility index (Phi) is 7.01. The molecule has 1 fully saturated rings. The molecule has 7 nitrogen and oxygen atoms in total. The molecule has 1 saturated carbocycles. The van der Waals surface area contributed by atoms with Gasteiger partial charge in [-0.3, -0.25) is 4.98 Å². The summed E-state index contributed by atoms with van der Waals surface area (Å²) in [7, 11) is 1.61. The molecule has 34 heavy (non-hydrogen) atoms. The van der Waals surface area contributed by atoms with E-state index in [0.717, 1.165) is 16.9 Å². The Morgan fingerprint density at radius 3 is 2.65 bits per heavy atom. The smallest absolute Gasteiger partial charge is 0.338 e. The number of ether oxygens (including phenoxy) is 3. The average molecular weight is 462 g/mol. The third kappa shape index (κ3) is 6.25. The first kappa shape index (κ1) is 23.5. The molecule has 1 aliphatic carbocycles. The predicted octanol–water partition coefficient (Wildman–Crippen LogP) is 5.43. The number of pyridine rings is 2. The van der Waals surface area contributed by atoms with Crippen LogP contribution >= 0.6 is 0 Å². The van der Waals surface area contributed by atoms with Crippen molar-refractivity contribution in [2.45, 2.75) is 45.3 Å². The summed E-state index contributed by atoms with van der Waals surface area (Å²) in [4.78, 5) is 21.7. The van der Waals surface area contributed by atoms with Crippen molar-refractivity contribution in [3.8, 4) is 11.6 Å². The largest absolute Gasteiger partial charge is 0.491 e. The Hall–Kier alpha value is -3.61. The molecule has 1 N–H and O–H groups in total. The van der Waals surface area contributed by atoms with Crippen LogP contribution in [-0.2, 0) is 4.74 Å². The number of carbonyl (C=O) groups excluding carboxylic acids is 1. The highest BCUT2D eigenvalue weighted by Gasteiger charge is 2.24. The zero-order chi connectivity index (χ0) is 24.1. The third-order valence-electron chi connectivity index (χ3n) is 5.34. The van der Waals surface area contributed by atoms with Crippen molar-refractivity contribution in [2.75, 3.05) is 19.0 Å². The van der Waals surface area contributed by atoms with E-state index in [4.69, 9.17) is 19.2 Å². The second kappa shape index (κ2) is 10.1. The monoisotopic (exact) mass is 461 g/mol. The summed E-state index contributed by atoms with van der Waals surface area (Å²) < 4.78 is 17.0. The van der Waals surface area contributed by atoms with E-state index < -0.39 is 5.60 Å². The molecule has 3 aromatic rings. The van der Waals surface area contributed by atoms with Crippen LogP contribution in [0.5, 0.6) is 11.6 Å². The maximum atomic E-state index is 12.6. The lowest BCUT2D eigenvalue weighted by Gasteiger charge is -2.22. The van der Waals surface area contributed by atoms with E-state index in [1.54, 1.807) is 31.6 Å². The van der Waals surface area contributed by atoms with E-state index in [1.807, 2.05) is 57.2 Å². The molecule has 7 heteroatoms. The van der Waals surface area contributed by atoms with Gasteiger partial charge in [0.05, 0.1) is 31.0 Å². The van der Waals surface area contributed by atoms with Crippen LogP contribution in [0.3, 0.4) is 0 Å². The van der Waals surface area contributed by atoms with Crippen LogP contribution in [0, 0.1) is 5.92 Å². The van der Waals surface area contributed by atoms with Crippen LogP contribution in [0.25, 0.3) is 0 Å². The molecule has 0 amide bonds. The standard InChI is InChI=1S/C27H31N3O4/c1-27(2,3)34-26(31)19-7-5-9-21(15-19)29-24(20-8-6-14-28-16-20)22-12-13-23(32-4)25(30-22)33-17-18-10-11-18/h5-9,12-16,18,24,29H,10-11,17H2,1-4H3. The number of nitrogens with one attached hydrogen (secondary N) is 1. The maximum Gasteiger partial charge on any atom is 0.338 e. The molecule has 0 aliphatic heterocycles. The van der Waals surface area contributed by atoms with Crippen molar-refractivity contribution in [1.29, 1.82) is 0 Å². The second-order valence-corrected chi connectivity index (χ2v) is 9.44. The number of rotatable bonds is 9. The Morgan fingerprint density at radius 2 is 1.97 bits per heavy atom. The number of benzene rings is 1. The molecule has 0 saturated heterocycles. The molecule has 1 aliphatic rings. The summed E-state index contributed by atoms with van der Waals surface area (Å²) in [6.07, 6.45) is 5.91. The molecule has 0 spiro atoms. The van der Waals surface area contributed by atoms with Crippen LogP contribution in [-0.4, -0.2) is 35.3 Å². The van der Waals surface area contributed by atoms with Gasteiger partial charge in [-0.2, -0.15) is 0 Å². The van der Waals surface area contributed by atoms with Crippen LogP contribution < -0.4 is 14.8 Å². The summed E-state index contributed by atoms with van der Waals surface area (Å²) >= 11 is 0. The first-order valence-corrected chi connectivity index (χ1v) is 11.5. The molecule has 1 aromatic carbocycles. The van der Waals surface area contributed by atoms with Crippen molar-refractivity contribution in [1.82, 2.24) is 9.97 Å². The van der Waals surface area contributed by atoms with E-state index in [2.05, 4.69) is 10.3 Å². The number of hydrogen-bond acceptors (Lipinski definition) is 7. The number of hydrogen-bond donors (Lipinski definition) is 1. The SMILES string of the molecule is COc1ccc(C(Nc2cccc(C(=O)OC(C)(C)C)c2)c2cccnc2)nc1OCC1CC1. The summed E-state index contributed by atoms with van der Waals surface area (Å²) in [6, 6.07) is 14.6. The van der Waals surface area contributed by atoms with Crippen molar-refractivity contribution in [3.63, 3.8) is 0 Å². The molecule has 2 heterocycles. The van der Waals surface area contributed by atoms with Gasteiger partial charge in [0, 0.05) is 18.1 Å². The molecular weight excluding hydrogens is 430 g/mol. The van der Waals surface area contributed by atoms with Gasteiger partial charge in [0.15, 0.2) is 5.75 Å². The van der Waals surface area contributed by atoms with Crippen molar-refractivity contribution >= 4 is 11.7 Å². The first-order valence-electron chi connectivity index (χ1n) is 11.5. The number of esters is 1. The molecule has 0 bridgehead atoms. The van der Waals surface area contributed by atoms with E-state index >= 15 is 0 Å². The Morgan fingerprint density at radius 1 is 1.15 bits per heavy atom. The van der Waals surface area contributed by atoms with Gasteiger partial charge in [-0.25, -0.2) is 9.78 Å². The summed E-state index contributed by atoms with van der Waals surface area (Å²) in [5.74, 6) is 1.30. The Labute approximate surface area is 200 Å². The van der Waals surface area contributed by atoms with E-state index in [-0.39, 0.29) is 12.0 Å². The van der Waals surface area contributed by atoms with Gasteiger partial charge in [0.1, 0.15) is 5.60 Å². The second-order valence-electron chi connectivity index (χ2n) is 9.44. The molecule has 1 atom stereocenters. The molecule has 0 radical (unpaired) electrons. The quantitative estimate of drug-likeness (QED) is 0.425. The van der Waals surface area contributed by atoms with Crippen LogP contribution in [0.4, 0.5) is 5.69 Å². The fourth-order valence-corrected chi connectivity index (χ4v) is 3.46. The van der Waals surface area contributed by atoms with Gasteiger partial charge >= 0.3 is 5.97 Å². The minimum atomic E-state index is -0.567. The minimum absolute atomic E-state index is 0.322. The van der Waals surface area contributed by atoms with E-state index in [1.165, 1.54) is 12.8 Å². The fraction of sp³-hybridized carbons (Fsp3) is 0.370. The van der Waals surface area contributed by atoms with Crippen molar-refractivity contribution in [2.24, 2.45) is 5.92 Å². The van der Waals surface area contributed by atoms with E-state index in [0.29, 0.717) is 29.7 Å². The predicted molar refractivity (Wildman–Crippen MR) is 130 cm³/mol. The topological polar surface area (TPSA) is 82.6 Å². The van der Waals surface area contributed by atoms with Gasteiger partial charge in [-0.15, -0.1) is 0 Å². The highest BCUT2D eigenvalue weighted by molar-refractivity contribution is 5.90. The van der Waals surface area contributed by atoms with Gasteiger partial charge in [-0.05, 0) is 81.5 Å². The van der Waals surface area contributed by atoms with Crippen LogP contribution in [0.15, 0.2) is 60.9 Å². The summed E-state index contributed by atoms with van der Waals surface area (Å²) in [5, 5.41) is 3.50. The number of anilines is 1. The highest BCUT2D eigenvalue weighted by Crippen LogP contribution is 2.34. The number of nitrogens with zero attached hydrogens (tertiary/aromatic N) is 2. The van der Waals surface area contributed by atoms with Crippen molar-refractivity contribution < 1.29 is 19.0 Å². The molecular formula is C27H31N3O4. The Bertz CT molecular complexity index is 1120. The lowest BCUT2D eigenvalue weighted by molar-refractivity contribution is 0.00695. The maximum absolute atomic E-state index is 12.6. The zero-order valence-corrected chi connectivity index (χ0v) is 20.1. The molecule has 4 rings (SSSR count). The van der Waals surface area contributed by atoms with Gasteiger partial charge < -0.3 is 19.5 Å². The number of aromatic nitrogens is 2. The summed E-state index contributed by atoms with van der Waals surface area (Å²) in [6.45, 7) is 6.19. The lowest BCUT2D eigenvalue weighted by atomic mass is 10.0. The highest BCUT2D eigenvalue weighted by atomic mass is 16.6. The Balaban J connectivity index is 1.64. The first-order chi connectivity index (χ1) is 16.3. The average Bonchev–Trinajstić information content (AvgIpc) is 3.65. The van der Waals surface area contributed by atoms with Crippen molar-refractivity contribution in [3.05, 3.63) is 77.7 Å². The summed E-state index contributed by atoms with van der Waals surface area (Å²) in [5.41, 5.74) is 2.34. The fourth-order valence-electron chi connectivity index (χ4n) is 3.46. The molecule has 1 unspecified atom stereocenters. The van der Waals surface area contributed by atoms with Gasteiger partial charge in [0.25, 0.3) is 5.88 Å². The zero-order valence-electron chi connectivity index (χ0n) is 20.1. The number of methoxy groups -OCH3 is 1. The molecule has 178 valence electrons. The van der Waals surface area contributed by atoms with Gasteiger partial charge in [0.2, 0.25) is 0 Å². The third-order valence-corrected chi connectivity index (χ3v) is 5.34. The van der Waals surface area contributed by atoms with E-state index in [9.17, 15) is 4.79 Å². The lowest BCUT2D eigenvalue weighted by Crippen LogP contribution is -2.24. The normalized spacial score (nSPS) is 14.2.